The molecule has 48 heavy (non-hydrogen) atoms. The van der Waals surface area contributed by atoms with Crippen molar-refractivity contribution >= 4 is 5.91 Å². The van der Waals surface area contributed by atoms with Gasteiger partial charge in [-0.05, 0) is 123 Å². The number of morpholine rings is 1. The summed E-state index contributed by atoms with van der Waals surface area (Å²) in [5, 5.41) is 37.2. The number of hydrogen-bond acceptors (Lipinski definition) is 8. The monoisotopic (exact) mass is 672 g/mol. The molecule has 8 aliphatic rings. The number of piperidine rings is 1. The molecule has 3 heterocycles. The number of nitrogens with one attached hydrogen (secondary N) is 1. The van der Waals surface area contributed by atoms with E-state index in [0.29, 0.717) is 42.7 Å². The van der Waals surface area contributed by atoms with Gasteiger partial charge in [-0.2, -0.15) is 0 Å². The maximum atomic E-state index is 12.6. The highest BCUT2D eigenvalue weighted by atomic mass is 16.7. The molecule has 9 heteroatoms. The Bertz CT molecular complexity index is 1290. The molecule has 8 fully saturated rings. The molecule has 5 saturated carbocycles. The third-order valence-corrected chi connectivity index (χ3v) is 16.9. The van der Waals surface area contributed by atoms with Crippen molar-refractivity contribution in [2.45, 2.75) is 161 Å². The zero-order valence-electron chi connectivity index (χ0n) is 30.7. The lowest BCUT2D eigenvalue weighted by atomic mass is 9.41. The van der Waals surface area contributed by atoms with Crippen molar-refractivity contribution in [1.29, 1.82) is 0 Å². The molecular weight excluding hydrogens is 608 g/mol. The van der Waals surface area contributed by atoms with E-state index in [9.17, 15) is 20.1 Å². The van der Waals surface area contributed by atoms with Crippen LogP contribution in [0.4, 0.5) is 0 Å². The Labute approximate surface area is 288 Å². The van der Waals surface area contributed by atoms with Crippen LogP contribution in [0.25, 0.3) is 0 Å². The number of hydrogen-bond donors (Lipinski definition) is 4. The molecule has 3 saturated heterocycles. The average molecular weight is 673 g/mol. The van der Waals surface area contributed by atoms with Crippen LogP contribution >= 0.6 is 0 Å². The fraction of sp³-hybridized carbons (Fsp3) is 0.974. The molecule has 0 bridgehead atoms. The minimum atomic E-state index is -1.26. The predicted molar refractivity (Wildman–Crippen MR) is 181 cm³/mol. The van der Waals surface area contributed by atoms with Crippen molar-refractivity contribution < 1.29 is 34.3 Å². The Morgan fingerprint density at radius 1 is 1.04 bits per heavy atom. The molecular formula is C39H64N2O7. The van der Waals surface area contributed by atoms with Gasteiger partial charge in [0.25, 0.3) is 0 Å². The lowest BCUT2D eigenvalue weighted by Crippen LogP contribution is -2.60. The number of aliphatic hydroxyl groups excluding tert-OH is 2. The van der Waals surface area contributed by atoms with Gasteiger partial charge in [-0.25, -0.2) is 0 Å². The van der Waals surface area contributed by atoms with Crippen molar-refractivity contribution in [3.8, 4) is 0 Å². The fourth-order valence-electron chi connectivity index (χ4n) is 14.5. The Hall–Kier alpha value is -0.810. The summed E-state index contributed by atoms with van der Waals surface area (Å²) in [6, 6.07) is -0.0723. The average Bonchev–Trinajstić information content (AvgIpc) is 3.66. The number of nitrogens with zero attached hydrogens (tertiary/aromatic N) is 1. The minimum Gasteiger partial charge on any atom is -0.390 e. The van der Waals surface area contributed by atoms with Gasteiger partial charge >= 0.3 is 0 Å². The Balaban J connectivity index is 1.01. The zero-order chi connectivity index (χ0) is 34.2. The molecule has 0 aromatic heterocycles. The molecule has 15 atom stereocenters. The van der Waals surface area contributed by atoms with Gasteiger partial charge in [-0.3, -0.25) is 9.69 Å². The van der Waals surface area contributed by atoms with Crippen LogP contribution in [-0.4, -0.2) is 101 Å². The van der Waals surface area contributed by atoms with Crippen LogP contribution in [0.2, 0.25) is 0 Å². The largest absolute Gasteiger partial charge is 0.390 e. The topological polar surface area (TPSA) is 121 Å². The first-order valence-corrected chi connectivity index (χ1v) is 19.5. The molecule has 4 N–H and O–H groups in total. The van der Waals surface area contributed by atoms with Crippen LogP contribution < -0.4 is 5.32 Å². The summed E-state index contributed by atoms with van der Waals surface area (Å²) in [5.74, 6) is 1.69. The Kier molecular flexibility index (Phi) is 7.93. The third-order valence-electron chi connectivity index (χ3n) is 16.9. The summed E-state index contributed by atoms with van der Waals surface area (Å²) >= 11 is 0. The van der Waals surface area contributed by atoms with Gasteiger partial charge in [0.2, 0.25) is 5.91 Å². The Morgan fingerprint density at radius 2 is 1.77 bits per heavy atom. The Morgan fingerprint density at radius 3 is 2.50 bits per heavy atom. The number of aliphatic hydroxyl groups is 3. The second-order valence-corrected chi connectivity index (χ2v) is 19.5. The standard InChI is InChI=1S/C39H64N2O7/c1-22-19-24(31(42)35(4,5)45)47-30-29(22)36(6)14-15-39-21-38(39)13-12-27(34(2,3)25(38)10-11-26(39)37(36,7)32(30)43)48-28-20-41(17-18-46-28)23-9-8-16-40-33(23)44/h22-32,42-43,45H,8-21H2,1-7H3,(H,40,44)/t22-,23?,24?,25+,26?,27?,28?,29?,30?,31?,32+,36?,37-,38?,39?/m1/s1. The second kappa shape index (κ2) is 11.1. The molecule has 272 valence electrons. The summed E-state index contributed by atoms with van der Waals surface area (Å²) in [4.78, 5) is 14.9. The molecule has 1 amide bonds. The maximum Gasteiger partial charge on any atom is 0.237 e. The van der Waals surface area contributed by atoms with Gasteiger partial charge in [0.15, 0.2) is 6.29 Å². The van der Waals surface area contributed by atoms with Gasteiger partial charge in [-0.15, -0.1) is 0 Å². The van der Waals surface area contributed by atoms with E-state index in [4.69, 9.17) is 14.2 Å². The zero-order valence-corrected chi connectivity index (χ0v) is 30.7. The smallest absolute Gasteiger partial charge is 0.237 e. The molecule has 2 spiro atoms. The van der Waals surface area contributed by atoms with Gasteiger partial charge < -0.3 is 34.8 Å². The highest BCUT2D eigenvalue weighted by molar-refractivity contribution is 5.82. The summed E-state index contributed by atoms with van der Waals surface area (Å²) in [6.45, 7) is 18.1. The van der Waals surface area contributed by atoms with Crippen LogP contribution in [0.15, 0.2) is 0 Å². The third kappa shape index (κ3) is 4.49. The molecule has 11 unspecified atom stereocenters. The van der Waals surface area contributed by atoms with E-state index in [1.165, 1.54) is 19.3 Å². The number of fused-ring (bicyclic) bond motifs is 4. The molecule has 0 aromatic carbocycles. The SMILES string of the molecule is C[C@@H]1CC(C(O)C(C)(C)O)OC2C1C1(C)CCC34CC35CCC(OC3CN(C6CCCNC6=O)CCO3)C(C)(C)[C@@H]5CCC4[C@]1(C)[C@H]2O. The number of carbonyl (C=O) groups excluding carboxylic acids is 1. The van der Waals surface area contributed by atoms with Crippen LogP contribution in [0.3, 0.4) is 0 Å². The molecule has 0 radical (unpaired) electrons. The fourth-order valence-corrected chi connectivity index (χ4v) is 14.5. The normalized spacial score (nSPS) is 53.8. The summed E-state index contributed by atoms with van der Waals surface area (Å²) in [5.41, 5.74) is -1.01. The lowest BCUT2D eigenvalue weighted by Gasteiger charge is -2.64. The highest BCUT2D eigenvalue weighted by Gasteiger charge is 2.84. The molecule has 0 aromatic rings. The molecule has 5 aliphatic carbocycles. The van der Waals surface area contributed by atoms with Gasteiger partial charge in [0.1, 0.15) is 6.10 Å². The summed E-state index contributed by atoms with van der Waals surface area (Å²) in [6.07, 6.45) is 8.17. The van der Waals surface area contributed by atoms with Crippen molar-refractivity contribution in [3.05, 3.63) is 0 Å². The number of amides is 1. The second-order valence-electron chi connectivity index (χ2n) is 19.5. The van der Waals surface area contributed by atoms with E-state index in [-0.39, 0.29) is 58.0 Å². The molecule has 9 nitrogen and oxygen atoms in total. The van der Waals surface area contributed by atoms with E-state index >= 15 is 0 Å². The van der Waals surface area contributed by atoms with Crippen molar-refractivity contribution in [2.75, 3.05) is 26.2 Å². The first-order valence-electron chi connectivity index (χ1n) is 19.5. The van der Waals surface area contributed by atoms with Crippen molar-refractivity contribution in [1.82, 2.24) is 10.2 Å². The molecule has 8 rings (SSSR count). The van der Waals surface area contributed by atoms with Gasteiger partial charge in [0, 0.05) is 18.5 Å². The van der Waals surface area contributed by atoms with Gasteiger partial charge in [-0.1, -0.05) is 34.6 Å². The number of rotatable bonds is 5. The summed E-state index contributed by atoms with van der Waals surface area (Å²) < 4.78 is 19.8. The van der Waals surface area contributed by atoms with E-state index in [1.54, 1.807) is 13.8 Å². The van der Waals surface area contributed by atoms with Crippen LogP contribution in [0.1, 0.15) is 113 Å². The predicted octanol–water partition coefficient (Wildman–Crippen LogP) is 4.25. The van der Waals surface area contributed by atoms with Crippen LogP contribution in [-0.2, 0) is 19.0 Å². The quantitative estimate of drug-likeness (QED) is 0.342. The first kappa shape index (κ1) is 34.3. The number of carbonyl (C=O) groups is 1. The lowest BCUT2D eigenvalue weighted by molar-refractivity contribution is -0.251. The number of ether oxygens (including phenoxy) is 3. The van der Waals surface area contributed by atoms with E-state index < -0.39 is 23.9 Å². The van der Waals surface area contributed by atoms with E-state index in [0.717, 1.165) is 51.6 Å². The summed E-state index contributed by atoms with van der Waals surface area (Å²) in [7, 11) is 0. The van der Waals surface area contributed by atoms with E-state index in [1.807, 2.05) is 0 Å². The first-order chi connectivity index (χ1) is 22.5. The maximum absolute atomic E-state index is 12.6. The van der Waals surface area contributed by atoms with Crippen molar-refractivity contribution in [3.63, 3.8) is 0 Å². The van der Waals surface area contributed by atoms with Crippen LogP contribution in [0.5, 0.6) is 0 Å². The van der Waals surface area contributed by atoms with E-state index in [2.05, 4.69) is 44.8 Å². The van der Waals surface area contributed by atoms with Crippen molar-refractivity contribution in [2.24, 2.45) is 50.7 Å². The minimum absolute atomic E-state index is 0.00257. The van der Waals surface area contributed by atoms with Gasteiger partial charge in [0.05, 0.1) is 49.2 Å². The van der Waals surface area contributed by atoms with Crippen LogP contribution in [0, 0.1) is 50.7 Å². The molecule has 3 aliphatic heterocycles. The highest BCUT2D eigenvalue weighted by Crippen LogP contribution is 2.89.